The van der Waals surface area contributed by atoms with Crippen LogP contribution in [0.1, 0.15) is 24.5 Å². The fourth-order valence-electron chi connectivity index (χ4n) is 4.75. The molecule has 1 aromatic heterocycles. The van der Waals surface area contributed by atoms with E-state index in [4.69, 9.17) is 4.74 Å². The van der Waals surface area contributed by atoms with Crippen molar-refractivity contribution in [2.45, 2.75) is 25.3 Å². The number of hydrogen-bond acceptors (Lipinski definition) is 4. The van der Waals surface area contributed by atoms with Gasteiger partial charge >= 0.3 is 0 Å². The highest BCUT2D eigenvalue weighted by molar-refractivity contribution is 5.77. The SMILES string of the molecule is COCCC(=O)N1C[C@@H]2C[C@H](C1)c1c(-c3ccc(N(C)C)cc3)ccc(=O)n1C2. The lowest BCUT2D eigenvalue weighted by molar-refractivity contribution is -0.134. The Balaban J connectivity index is 1.70. The molecule has 1 amide bonds. The number of nitrogens with zero attached hydrogens (tertiary/aromatic N) is 3. The number of carbonyl (C=O) groups is 1. The van der Waals surface area contributed by atoms with E-state index in [1.54, 1.807) is 13.2 Å². The number of amides is 1. The molecule has 1 fully saturated rings. The Morgan fingerprint density at radius 2 is 1.86 bits per heavy atom. The molecule has 6 nitrogen and oxygen atoms in total. The smallest absolute Gasteiger partial charge is 0.250 e. The molecule has 2 aromatic rings. The Morgan fingerprint density at radius 1 is 1.10 bits per heavy atom. The van der Waals surface area contributed by atoms with Crippen LogP contribution >= 0.6 is 0 Å². The molecule has 0 saturated carbocycles. The molecule has 3 heterocycles. The van der Waals surface area contributed by atoms with Gasteiger partial charge in [0.25, 0.3) is 5.56 Å². The van der Waals surface area contributed by atoms with E-state index in [9.17, 15) is 9.59 Å². The summed E-state index contributed by atoms with van der Waals surface area (Å²) in [6.07, 6.45) is 1.44. The van der Waals surface area contributed by atoms with Crippen LogP contribution in [0.15, 0.2) is 41.2 Å². The third kappa shape index (κ3) is 3.81. The zero-order valence-electron chi connectivity index (χ0n) is 17.4. The third-order valence-corrected chi connectivity index (χ3v) is 6.16. The predicted octanol–water partition coefficient (Wildman–Crippen LogP) is 2.56. The van der Waals surface area contributed by atoms with Crippen LogP contribution in [-0.2, 0) is 16.1 Å². The first-order chi connectivity index (χ1) is 14.0. The summed E-state index contributed by atoms with van der Waals surface area (Å²) in [5.74, 6) is 0.661. The predicted molar refractivity (Wildman–Crippen MR) is 114 cm³/mol. The van der Waals surface area contributed by atoms with Crippen molar-refractivity contribution >= 4 is 11.6 Å². The van der Waals surface area contributed by atoms with Gasteiger partial charge in [0.15, 0.2) is 0 Å². The molecule has 2 aliphatic heterocycles. The number of ether oxygens (including phenoxy) is 1. The minimum atomic E-state index is 0.0579. The molecule has 0 aliphatic carbocycles. The molecule has 0 N–H and O–H groups in total. The summed E-state index contributed by atoms with van der Waals surface area (Å²) in [4.78, 5) is 29.3. The first-order valence-electron chi connectivity index (χ1n) is 10.3. The number of piperidine rings is 1. The average molecular weight is 396 g/mol. The number of rotatable bonds is 5. The molecule has 2 bridgehead atoms. The molecular weight excluding hydrogens is 366 g/mol. The number of carbonyl (C=O) groups excluding carboxylic acids is 1. The summed E-state index contributed by atoms with van der Waals surface area (Å²) >= 11 is 0. The van der Waals surface area contributed by atoms with Gasteiger partial charge in [0, 0.05) is 69.8 Å². The number of fused-ring (bicyclic) bond motifs is 4. The Bertz CT molecular complexity index is 949. The van der Waals surface area contributed by atoms with E-state index < -0.39 is 0 Å². The lowest BCUT2D eigenvalue weighted by Gasteiger charge is -2.43. The summed E-state index contributed by atoms with van der Waals surface area (Å²) < 4.78 is 7.03. The maximum atomic E-state index is 12.6. The second-order valence-electron chi connectivity index (χ2n) is 8.36. The highest BCUT2D eigenvalue weighted by atomic mass is 16.5. The Morgan fingerprint density at radius 3 is 2.55 bits per heavy atom. The first-order valence-corrected chi connectivity index (χ1v) is 10.3. The topological polar surface area (TPSA) is 54.8 Å². The number of anilines is 1. The van der Waals surface area contributed by atoms with Gasteiger partial charge in [-0.2, -0.15) is 0 Å². The second-order valence-corrected chi connectivity index (χ2v) is 8.36. The van der Waals surface area contributed by atoms with Crippen molar-refractivity contribution in [3.8, 4) is 11.1 Å². The molecule has 2 aliphatic rings. The Hall–Kier alpha value is -2.60. The summed E-state index contributed by atoms with van der Waals surface area (Å²) in [6.45, 7) is 2.53. The number of benzene rings is 1. The van der Waals surface area contributed by atoms with Crippen molar-refractivity contribution in [3.63, 3.8) is 0 Å². The molecule has 0 unspecified atom stereocenters. The average Bonchev–Trinajstić information content (AvgIpc) is 2.72. The quantitative estimate of drug-likeness (QED) is 0.781. The van der Waals surface area contributed by atoms with Gasteiger partial charge in [-0.05, 0) is 36.1 Å². The van der Waals surface area contributed by atoms with E-state index in [0.717, 1.165) is 35.5 Å². The Kier molecular flexibility index (Phi) is 5.46. The van der Waals surface area contributed by atoms with Crippen molar-refractivity contribution in [1.29, 1.82) is 0 Å². The lowest BCUT2D eigenvalue weighted by atomic mass is 9.80. The molecule has 6 heteroatoms. The fraction of sp³-hybridized carbons (Fsp3) is 0.478. The van der Waals surface area contributed by atoms with E-state index in [1.807, 2.05) is 29.6 Å². The van der Waals surface area contributed by atoms with Crippen LogP contribution in [0.4, 0.5) is 5.69 Å². The minimum Gasteiger partial charge on any atom is -0.384 e. The first kappa shape index (κ1) is 19.7. The van der Waals surface area contributed by atoms with Gasteiger partial charge in [-0.3, -0.25) is 9.59 Å². The molecule has 29 heavy (non-hydrogen) atoms. The van der Waals surface area contributed by atoms with E-state index in [2.05, 4.69) is 29.2 Å². The molecule has 4 rings (SSSR count). The van der Waals surface area contributed by atoms with Crippen molar-refractivity contribution in [2.24, 2.45) is 5.92 Å². The molecule has 0 spiro atoms. The molecule has 1 aromatic carbocycles. The van der Waals surface area contributed by atoms with Crippen LogP contribution in [-0.4, -0.2) is 56.3 Å². The maximum Gasteiger partial charge on any atom is 0.250 e. The molecule has 0 radical (unpaired) electrons. The van der Waals surface area contributed by atoms with Crippen LogP contribution in [0.5, 0.6) is 0 Å². The third-order valence-electron chi connectivity index (χ3n) is 6.16. The van der Waals surface area contributed by atoms with Crippen LogP contribution < -0.4 is 10.5 Å². The zero-order valence-corrected chi connectivity index (χ0v) is 17.4. The number of pyridine rings is 1. The van der Waals surface area contributed by atoms with E-state index in [-0.39, 0.29) is 17.4 Å². The largest absolute Gasteiger partial charge is 0.384 e. The van der Waals surface area contributed by atoms with E-state index in [0.29, 0.717) is 32.0 Å². The zero-order chi connectivity index (χ0) is 20.5. The van der Waals surface area contributed by atoms with Crippen LogP contribution in [0.3, 0.4) is 0 Å². The minimum absolute atomic E-state index is 0.0579. The summed E-state index contributed by atoms with van der Waals surface area (Å²) in [6, 6.07) is 12.1. The maximum absolute atomic E-state index is 12.6. The summed E-state index contributed by atoms with van der Waals surface area (Å²) in [7, 11) is 5.67. The molecular formula is C23H29N3O3. The molecule has 2 atom stereocenters. The van der Waals surface area contributed by atoms with Gasteiger partial charge in [0.2, 0.25) is 5.91 Å². The number of hydrogen-bond donors (Lipinski definition) is 0. The monoisotopic (exact) mass is 395 g/mol. The molecule has 154 valence electrons. The van der Waals surface area contributed by atoms with Gasteiger partial charge in [-0.15, -0.1) is 0 Å². The Labute approximate surface area is 171 Å². The normalized spacial score (nSPS) is 20.3. The van der Waals surface area contributed by atoms with E-state index in [1.165, 1.54) is 0 Å². The van der Waals surface area contributed by atoms with Crippen LogP contribution in [0, 0.1) is 5.92 Å². The lowest BCUT2D eigenvalue weighted by Crippen LogP contribution is -2.49. The van der Waals surface area contributed by atoms with Gasteiger partial charge in [0.1, 0.15) is 0 Å². The highest BCUT2D eigenvalue weighted by Crippen LogP contribution is 2.40. The fourth-order valence-corrected chi connectivity index (χ4v) is 4.75. The van der Waals surface area contributed by atoms with Crippen molar-refractivity contribution in [1.82, 2.24) is 9.47 Å². The van der Waals surface area contributed by atoms with Crippen molar-refractivity contribution in [3.05, 3.63) is 52.4 Å². The van der Waals surface area contributed by atoms with Crippen molar-refractivity contribution < 1.29 is 9.53 Å². The van der Waals surface area contributed by atoms with Crippen LogP contribution in [0.2, 0.25) is 0 Å². The van der Waals surface area contributed by atoms with Gasteiger partial charge in [-0.1, -0.05) is 12.1 Å². The summed E-state index contributed by atoms with van der Waals surface area (Å²) in [5.41, 5.74) is 4.49. The van der Waals surface area contributed by atoms with Gasteiger partial charge in [0.05, 0.1) is 13.0 Å². The standard InChI is InChI=1S/C23H29N3O3/c1-24(2)19-6-4-17(5-7-19)20-8-9-22(28)26-14-16-12-18(23(20)26)15-25(13-16)21(27)10-11-29-3/h4-9,16,18H,10-15H2,1-3H3/t16-,18+/m0/s1. The number of likely N-dealkylation sites (tertiary alicyclic amines) is 1. The number of aromatic nitrogens is 1. The van der Waals surface area contributed by atoms with E-state index >= 15 is 0 Å². The summed E-state index contributed by atoms with van der Waals surface area (Å²) in [5, 5.41) is 0. The number of methoxy groups -OCH3 is 1. The van der Waals surface area contributed by atoms with Crippen molar-refractivity contribution in [2.75, 3.05) is 45.8 Å². The molecule has 1 saturated heterocycles. The van der Waals surface area contributed by atoms with Crippen LogP contribution in [0.25, 0.3) is 11.1 Å². The highest BCUT2D eigenvalue weighted by Gasteiger charge is 2.37. The van der Waals surface area contributed by atoms with Gasteiger partial charge in [-0.25, -0.2) is 0 Å². The van der Waals surface area contributed by atoms with Gasteiger partial charge < -0.3 is 19.1 Å². The second kappa shape index (κ2) is 8.03.